The van der Waals surface area contributed by atoms with Gasteiger partial charge in [0.05, 0.1) is 0 Å². The van der Waals surface area contributed by atoms with Crippen molar-refractivity contribution in [3.63, 3.8) is 0 Å². The molecule has 0 aromatic heterocycles. The van der Waals surface area contributed by atoms with Crippen LogP contribution >= 0.6 is 22.6 Å². The van der Waals surface area contributed by atoms with Crippen molar-refractivity contribution in [2.45, 2.75) is 26.2 Å². The van der Waals surface area contributed by atoms with Crippen molar-refractivity contribution in [2.75, 3.05) is 0 Å². The summed E-state index contributed by atoms with van der Waals surface area (Å²) in [6, 6.07) is 25.5. The first-order chi connectivity index (χ1) is 12.3. The van der Waals surface area contributed by atoms with Gasteiger partial charge in [0, 0.05) is 14.7 Å². The van der Waals surface area contributed by atoms with E-state index in [1.54, 1.807) is 0 Å². The molecule has 0 nitrogen and oxygen atoms in total. The lowest BCUT2D eigenvalue weighted by molar-refractivity contribution is 0.795. The van der Waals surface area contributed by atoms with Gasteiger partial charge < -0.3 is 0 Å². The summed E-state index contributed by atoms with van der Waals surface area (Å²) in [5.74, 6) is 6.69. The van der Waals surface area contributed by atoms with Crippen LogP contribution in [0.4, 0.5) is 0 Å². The zero-order valence-corrected chi connectivity index (χ0v) is 16.6. The van der Waals surface area contributed by atoms with Crippen LogP contribution in [0.1, 0.15) is 36.5 Å². The fraction of sp³-hybridized carbons (Fsp3) is 0.167. The predicted molar refractivity (Wildman–Crippen MR) is 116 cm³/mol. The molecule has 0 spiro atoms. The molecule has 25 heavy (non-hydrogen) atoms. The molecule has 0 unspecified atom stereocenters. The third kappa shape index (κ3) is 4.74. The normalized spacial score (nSPS) is 10.2. The zero-order chi connectivity index (χ0) is 17.5. The molecule has 0 fully saturated rings. The van der Waals surface area contributed by atoms with E-state index in [1.165, 1.54) is 33.1 Å². The van der Waals surface area contributed by atoms with Crippen molar-refractivity contribution in [1.29, 1.82) is 0 Å². The average molecular weight is 436 g/mol. The van der Waals surface area contributed by atoms with Crippen LogP contribution in [0.5, 0.6) is 0 Å². The highest BCUT2D eigenvalue weighted by atomic mass is 127. The second-order valence-corrected chi connectivity index (χ2v) is 7.24. The number of hydrogen-bond donors (Lipinski definition) is 0. The Kier molecular flexibility index (Phi) is 6.30. The summed E-state index contributed by atoms with van der Waals surface area (Å²) in [5, 5.41) is 0. The Morgan fingerprint density at radius 1 is 0.760 bits per heavy atom. The van der Waals surface area contributed by atoms with Crippen molar-refractivity contribution in [3.05, 3.63) is 93.1 Å². The minimum Gasteiger partial charge on any atom is -0.0654 e. The van der Waals surface area contributed by atoms with Crippen molar-refractivity contribution in [1.82, 2.24) is 0 Å². The monoisotopic (exact) mass is 436 g/mol. The molecule has 0 radical (unpaired) electrons. The van der Waals surface area contributed by atoms with Gasteiger partial charge in [0.25, 0.3) is 0 Å². The summed E-state index contributed by atoms with van der Waals surface area (Å²) in [6.45, 7) is 2.23. The summed E-state index contributed by atoms with van der Waals surface area (Å²) in [5.41, 5.74) is 5.97. The SMILES string of the molecule is CCCCc1ccc(C#Cc2ccccc2-c2ccccc2I)cc1. The van der Waals surface area contributed by atoms with E-state index in [0.717, 1.165) is 17.5 Å². The summed E-state index contributed by atoms with van der Waals surface area (Å²) in [6.07, 6.45) is 3.63. The zero-order valence-electron chi connectivity index (χ0n) is 14.4. The molecule has 0 heterocycles. The molecule has 0 N–H and O–H groups in total. The summed E-state index contributed by atoms with van der Waals surface area (Å²) >= 11 is 2.39. The lowest BCUT2D eigenvalue weighted by Gasteiger charge is -2.07. The van der Waals surface area contributed by atoms with Crippen LogP contribution < -0.4 is 0 Å². The molecule has 0 saturated heterocycles. The van der Waals surface area contributed by atoms with Gasteiger partial charge in [0.1, 0.15) is 0 Å². The third-order valence-electron chi connectivity index (χ3n) is 4.21. The second kappa shape index (κ2) is 8.87. The van der Waals surface area contributed by atoms with E-state index >= 15 is 0 Å². The van der Waals surface area contributed by atoms with Gasteiger partial charge >= 0.3 is 0 Å². The van der Waals surface area contributed by atoms with E-state index < -0.39 is 0 Å². The third-order valence-corrected chi connectivity index (χ3v) is 5.15. The number of halogens is 1. The number of benzene rings is 3. The van der Waals surface area contributed by atoms with Crippen LogP contribution in [-0.2, 0) is 6.42 Å². The molecule has 1 heteroatoms. The first kappa shape index (κ1) is 17.8. The minimum absolute atomic E-state index is 1.07. The molecular weight excluding hydrogens is 415 g/mol. The van der Waals surface area contributed by atoms with Crippen molar-refractivity contribution in [3.8, 4) is 23.0 Å². The van der Waals surface area contributed by atoms with E-state index in [9.17, 15) is 0 Å². The van der Waals surface area contributed by atoms with Gasteiger partial charge in [0.2, 0.25) is 0 Å². The molecule has 0 atom stereocenters. The van der Waals surface area contributed by atoms with E-state index in [2.05, 4.69) is 114 Å². The topological polar surface area (TPSA) is 0 Å². The molecule has 0 aliphatic carbocycles. The number of hydrogen-bond acceptors (Lipinski definition) is 0. The molecule has 0 amide bonds. The molecule has 0 saturated carbocycles. The maximum atomic E-state index is 3.36. The predicted octanol–water partition coefficient (Wildman–Crippen LogP) is 6.70. The number of rotatable bonds is 4. The van der Waals surface area contributed by atoms with E-state index in [0.29, 0.717) is 0 Å². The standard InChI is InChI=1S/C24H21I/c1-2-3-8-19-13-15-20(16-14-19)17-18-21-9-4-5-10-22(21)23-11-6-7-12-24(23)25/h4-7,9-16H,2-3,8H2,1H3. The summed E-state index contributed by atoms with van der Waals surface area (Å²) < 4.78 is 1.25. The Morgan fingerprint density at radius 2 is 1.44 bits per heavy atom. The first-order valence-electron chi connectivity index (χ1n) is 8.73. The van der Waals surface area contributed by atoms with Crippen LogP contribution in [0.2, 0.25) is 0 Å². The summed E-state index contributed by atoms with van der Waals surface area (Å²) in [7, 11) is 0. The van der Waals surface area contributed by atoms with Gasteiger partial charge in [-0.15, -0.1) is 0 Å². The van der Waals surface area contributed by atoms with E-state index in [-0.39, 0.29) is 0 Å². The van der Waals surface area contributed by atoms with Gasteiger partial charge in [-0.25, -0.2) is 0 Å². The minimum atomic E-state index is 1.07. The van der Waals surface area contributed by atoms with Crippen LogP contribution in [0.15, 0.2) is 72.8 Å². The lowest BCUT2D eigenvalue weighted by atomic mass is 9.99. The van der Waals surface area contributed by atoms with Crippen molar-refractivity contribution in [2.24, 2.45) is 0 Å². The van der Waals surface area contributed by atoms with Gasteiger partial charge in [-0.05, 0) is 76.4 Å². The fourth-order valence-electron chi connectivity index (χ4n) is 2.78. The Bertz CT molecular complexity index is 895. The van der Waals surface area contributed by atoms with Gasteiger partial charge in [-0.2, -0.15) is 0 Å². The molecule has 124 valence electrons. The van der Waals surface area contributed by atoms with Crippen LogP contribution in [0.3, 0.4) is 0 Å². The maximum Gasteiger partial charge on any atom is 0.0327 e. The van der Waals surface area contributed by atoms with Crippen LogP contribution in [-0.4, -0.2) is 0 Å². The summed E-state index contributed by atoms with van der Waals surface area (Å²) in [4.78, 5) is 0. The highest BCUT2D eigenvalue weighted by molar-refractivity contribution is 14.1. The first-order valence-corrected chi connectivity index (χ1v) is 9.80. The molecule has 3 aromatic rings. The second-order valence-electron chi connectivity index (χ2n) is 6.08. The smallest absolute Gasteiger partial charge is 0.0327 e. The van der Waals surface area contributed by atoms with E-state index in [1.807, 2.05) is 0 Å². The maximum absolute atomic E-state index is 3.36. The molecule has 3 aromatic carbocycles. The van der Waals surface area contributed by atoms with Gasteiger partial charge in [0.15, 0.2) is 0 Å². The van der Waals surface area contributed by atoms with Crippen molar-refractivity contribution >= 4 is 22.6 Å². The van der Waals surface area contributed by atoms with Crippen LogP contribution in [0.25, 0.3) is 11.1 Å². The number of aryl methyl sites for hydroxylation is 1. The Morgan fingerprint density at radius 3 is 2.16 bits per heavy atom. The highest BCUT2D eigenvalue weighted by Crippen LogP contribution is 2.27. The molecule has 3 rings (SSSR count). The van der Waals surface area contributed by atoms with Crippen LogP contribution in [0, 0.1) is 15.4 Å². The largest absolute Gasteiger partial charge is 0.0654 e. The van der Waals surface area contributed by atoms with Crippen molar-refractivity contribution < 1.29 is 0 Å². The highest BCUT2D eigenvalue weighted by Gasteiger charge is 2.05. The Hall–Kier alpha value is -2.05. The molecule has 0 aliphatic rings. The molecule has 0 aliphatic heterocycles. The molecular formula is C24H21I. The van der Waals surface area contributed by atoms with E-state index in [4.69, 9.17) is 0 Å². The lowest BCUT2D eigenvalue weighted by Crippen LogP contribution is -1.87. The fourth-order valence-corrected chi connectivity index (χ4v) is 3.46. The quantitative estimate of drug-likeness (QED) is 0.315. The number of unbranched alkanes of at least 4 members (excludes halogenated alkanes) is 1. The Labute approximate surface area is 164 Å². The average Bonchev–Trinajstić information content (AvgIpc) is 2.66. The molecule has 0 bridgehead atoms. The Balaban J connectivity index is 1.88. The van der Waals surface area contributed by atoms with Gasteiger partial charge in [-0.3, -0.25) is 0 Å². The van der Waals surface area contributed by atoms with Gasteiger partial charge in [-0.1, -0.05) is 73.7 Å².